The number of carbonyl (C=O) groups is 2. The van der Waals surface area contributed by atoms with Gasteiger partial charge in [-0.2, -0.15) is 0 Å². The predicted octanol–water partition coefficient (Wildman–Crippen LogP) is 4.57. The zero-order valence-corrected chi connectivity index (χ0v) is 17.9. The summed E-state index contributed by atoms with van der Waals surface area (Å²) in [5.74, 6) is -0.253. The molecule has 0 aromatic carbocycles. The third-order valence-electron chi connectivity index (χ3n) is 4.83. The third kappa shape index (κ3) is 4.39. The second kappa shape index (κ2) is 7.16. The fraction of sp³-hybridized carbons (Fsp3) is 0.889. The van der Waals surface area contributed by atoms with E-state index in [0.29, 0.717) is 0 Å². The molecule has 2 atom stereocenters. The van der Waals surface area contributed by atoms with Crippen molar-refractivity contribution in [2.24, 2.45) is 5.41 Å². The highest BCUT2D eigenvalue weighted by Crippen LogP contribution is 2.40. The van der Waals surface area contributed by atoms with Crippen molar-refractivity contribution in [2.45, 2.75) is 98.2 Å². The van der Waals surface area contributed by atoms with Gasteiger partial charge < -0.3 is 9.16 Å². The van der Waals surface area contributed by atoms with Gasteiger partial charge in [0.05, 0.1) is 6.04 Å². The lowest BCUT2D eigenvalue weighted by Gasteiger charge is -2.53. The molecule has 2 amide bonds. The minimum atomic E-state index is -1.92. The van der Waals surface area contributed by atoms with Crippen LogP contribution in [0, 0.1) is 5.41 Å². The van der Waals surface area contributed by atoms with Crippen LogP contribution >= 0.6 is 0 Å². The second-order valence-corrected chi connectivity index (χ2v) is 13.5. The van der Waals surface area contributed by atoms with Crippen LogP contribution in [0.3, 0.4) is 0 Å². The molecule has 5 nitrogen and oxygen atoms in total. The van der Waals surface area contributed by atoms with Crippen LogP contribution in [0.4, 0.5) is 4.79 Å². The van der Waals surface area contributed by atoms with E-state index in [9.17, 15) is 9.59 Å². The molecule has 24 heavy (non-hydrogen) atoms. The van der Waals surface area contributed by atoms with Gasteiger partial charge in [0.15, 0.2) is 8.32 Å². The van der Waals surface area contributed by atoms with E-state index in [1.807, 2.05) is 20.8 Å². The minimum absolute atomic E-state index is 0.253. The summed E-state index contributed by atoms with van der Waals surface area (Å²) in [7, 11) is -1.92. The van der Waals surface area contributed by atoms with Gasteiger partial charge in [-0.25, -0.2) is 9.69 Å². The van der Waals surface area contributed by atoms with Crippen LogP contribution in [-0.4, -0.2) is 43.0 Å². The van der Waals surface area contributed by atoms with Crippen LogP contribution < -0.4 is 0 Å². The number of β-lactam (4-membered cyclic amide) rings is 1. The number of ether oxygens (including phenoxy) is 1. The van der Waals surface area contributed by atoms with Gasteiger partial charge in [0, 0.05) is 0 Å². The van der Waals surface area contributed by atoms with Crippen LogP contribution in [0.1, 0.15) is 62.3 Å². The number of likely N-dealkylation sites (tertiary alicyclic amines) is 1. The van der Waals surface area contributed by atoms with Gasteiger partial charge in [-0.3, -0.25) is 4.79 Å². The average molecular weight is 358 g/mol. The number of rotatable bonds is 5. The Balaban J connectivity index is 3.05. The summed E-state index contributed by atoms with van der Waals surface area (Å²) >= 11 is 0. The van der Waals surface area contributed by atoms with E-state index in [1.54, 1.807) is 20.8 Å². The Labute approximate surface area is 148 Å². The predicted molar refractivity (Wildman–Crippen MR) is 98.4 cm³/mol. The lowest BCUT2D eigenvalue weighted by molar-refractivity contribution is -0.170. The van der Waals surface area contributed by atoms with E-state index < -0.39 is 26.1 Å². The van der Waals surface area contributed by atoms with Gasteiger partial charge in [0.2, 0.25) is 0 Å². The van der Waals surface area contributed by atoms with Crippen LogP contribution in [-0.2, 0) is 14.0 Å². The van der Waals surface area contributed by atoms with Gasteiger partial charge in [0.1, 0.15) is 11.7 Å². The fourth-order valence-corrected chi connectivity index (χ4v) is 5.97. The van der Waals surface area contributed by atoms with Gasteiger partial charge in [-0.1, -0.05) is 41.5 Å². The fourth-order valence-electron chi connectivity index (χ4n) is 3.20. The molecule has 1 heterocycles. The Kier molecular flexibility index (Phi) is 6.31. The molecule has 1 aliphatic rings. The van der Waals surface area contributed by atoms with Crippen molar-refractivity contribution >= 4 is 20.3 Å². The lowest BCUT2D eigenvalue weighted by atomic mass is 9.77. The maximum atomic E-state index is 12.7. The molecule has 1 unspecified atom stereocenters. The molecule has 0 N–H and O–H groups in total. The van der Waals surface area contributed by atoms with Crippen LogP contribution in [0.5, 0.6) is 0 Å². The standard InChI is InChI=1S/C18H35NO4Si/c1-10-24(11-2,12-3)23-13-14(17(4,5)6)19(15(13)20)16(21)22-18(7,8)9/h13-14H,10-12H2,1-9H3/t13?,14-/m1/s1. The third-order valence-corrected chi connectivity index (χ3v) is 9.45. The number of carbonyl (C=O) groups excluding carboxylic acids is 2. The van der Waals surface area contributed by atoms with Crippen molar-refractivity contribution in [3.05, 3.63) is 0 Å². The topological polar surface area (TPSA) is 55.8 Å². The number of amides is 2. The van der Waals surface area contributed by atoms with Crippen LogP contribution in [0.2, 0.25) is 18.1 Å². The SMILES string of the molecule is CC[Si](CC)(CC)OC1C(=O)N(C(=O)OC(C)(C)C)[C@H]1C(C)(C)C. The highest BCUT2D eigenvalue weighted by molar-refractivity contribution is 6.73. The van der Waals surface area contributed by atoms with E-state index in [2.05, 4.69) is 20.8 Å². The van der Waals surface area contributed by atoms with Crippen molar-refractivity contribution < 1.29 is 18.8 Å². The molecule has 0 saturated carbocycles. The first-order chi connectivity index (χ1) is 10.8. The Morgan fingerprint density at radius 3 is 1.83 bits per heavy atom. The Bertz CT molecular complexity index is 466. The van der Waals surface area contributed by atoms with Crippen molar-refractivity contribution in [2.75, 3.05) is 0 Å². The van der Waals surface area contributed by atoms with Gasteiger partial charge in [-0.05, 0) is 44.3 Å². The highest BCUT2D eigenvalue weighted by Gasteiger charge is 2.59. The largest absolute Gasteiger partial charge is 0.443 e. The summed E-state index contributed by atoms with van der Waals surface area (Å²) in [5.41, 5.74) is -0.884. The molecule has 0 aromatic rings. The van der Waals surface area contributed by atoms with Gasteiger partial charge >= 0.3 is 6.09 Å². The quantitative estimate of drug-likeness (QED) is 0.534. The summed E-state index contributed by atoms with van der Waals surface area (Å²) in [6.07, 6.45) is -1.09. The van der Waals surface area contributed by atoms with Crippen LogP contribution in [0.15, 0.2) is 0 Å². The van der Waals surface area contributed by atoms with E-state index in [4.69, 9.17) is 9.16 Å². The average Bonchev–Trinajstić information content (AvgIpc) is 2.43. The summed E-state index contributed by atoms with van der Waals surface area (Å²) in [4.78, 5) is 26.4. The lowest BCUT2D eigenvalue weighted by Crippen LogP contribution is -2.73. The number of hydrogen-bond donors (Lipinski definition) is 0. The summed E-state index contributed by atoms with van der Waals surface area (Å²) in [6, 6.07) is 2.66. The van der Waals surface area contributed by atoms with Gasteiger partial charge in [-0.15, -0.1) is 0 Å². The van der Waals surface area contributed by atoms with Crippen LogP contribution in [0.25, 0.3) is 0 Å². The van der Waals surface area contributed by atoms with E-state index >= 15 is 0 Å². The number of imide groups is 1. The van der Waals surface area contributed by atoms with Crippen molar-refractivity contribution in [3.63, 3.8) is 0 Å². The first-order valence-electron chi connectivity index (χ1n) is 9.05. The molecule has 1 saturated heterocycles. The number of hydrogen-bond acceptors (Lipinski definition) is 4. The second-order valence-electron chi connectivity index (χ2n) is 8.78. The minimum Gasteiger partial charge on any atom is -0.443 e. The Morgan fingerprint density at radius 1 is 1.04 bits per heavy atom. The van der Waals surface area contributed by atoms with E-state index in [-0.39, 0.29) is 17.4 Å². The summed E-state index contributed by atoms with van der Waals surface area (Å²) < 4.78 is 11.8. The van der Waals surface area contributed by atoms with Crippen molar-refractivity contribution in [3.8, 4) is 0 Å². The smallest absolute Gasteiger partial charge is 0.417 e. The molecular formula is C18H35NO4Si. The Morgan fingerprint density at radius 2 is 1.50 bits per heavy atom. The first-order valence-corrected chi connectivity index (χ1v) is 11.6. The molecule has 0 spiro atoms. The molecular weight excluding hydrogens is 322 g/mol. The normalized spacial score (nSPS) is 22.4. The first kappa shape index (κ1) is 21.2. The number of nitrogens with zero attached hydrogens (tertiary/aromatic N) is 1. The Hall–Kier alpha value is -0.883. The van der Waals surface area contributed by atoms with Crippen molar-refractivity contribution in [1.82, 2.24) is 4.90 Å². The molecule has 1 fully saturated rings. The van der Waals surface area contributed by atoms with E-state index in [0.717, 1.165) is 18.1 Å². The van der Waals surface area contributed by atoms with E-state index in [1.165, 1.54) is 4.90 Å². The molecule has 140 valence electrons. The zero-order valence-electron chi connectivity index (χ0n) is 16.9. The van der Waals surface area contributed by atoms with Gasteiger partial charge in [0.25, 0.3) is 5.91 Å². The van der Waals surface area contributed by atoms with Crippen molar-refractivity contribution in [1.29, 1.82) is 0 Å². The maximum Gasteiger partial charge on any atom is 0.417 e. The molecule has 1 aliphatic heterocycles. The molecule has 0 aliphatic carbocycles. The summed E-state index contributed by atoms with van der Waals surface area (Å²) in [5, 5.41) is 0. The highest BCUT2D eigenvalue weighted by atomic mass is 28.4. The zero-order chi connectivity index (χ0) is 18.9. The molecule has 6 heteroatoms. The molecule has 0 aromatic heterocycles. The summed E-state index contributed by atoms with van der Waals surface area (Å²) in [6.45, 7) is 17.9. The monoisotopic (exact) mass is 357 g/mol. The maximum absolute atomic E-state index is 12.7. The molecule has 1 rings (SSSR count). The molecule has 0 bridgehead atoms. The molecule has 0 radical (unpaired) electrons.